The van der Waals surface area contributed by atoms with Crippen LogP contribution in [0.15, 0.2) is 70.5 Å². The van der Waals surface area contributed by atoms with Crippen molar-refractivity contribution in [3.05, 3.63) is 92.5 Å². The number of hydrogen-bond donors (Lipinski definition) is 1. The Morgan fingerprint density at radius 3 is 2.46 bits per heavy atom. The molecule has 0 fully saturated rings. The predicted molar refractivity (Wildman–Crippen MR) is 96.3 cm³/mol. The van der Waals surface area contributed by atoms with Crippen molar-refractivity contribution < 1.29 is 9.18 Å². The third kappa shape index (κ3) is 3.89. The van der Waals surface area contributed by atoms with Gasteiger partial charge in [0.1, 0.15) is 12.4 Å². The number of aromatic nitrogens is 2. The van der Waals surface area contributed by atoms with Crippen molar-refractivity contribution in [2.45, 2.75) is 6.54 Å². The van der Waals surface area contributed by atoms with Crippen molar-refractivity contribution in [1.82, 2.24) is 9.13 Å². The average molecular weight is 374 g/mol. The third-order valence-electron chi connectivity index (χ3n) is 3.59. The Labute approximate surface area is 152 Å². The fourth-order valence-electron chi connectivity index (χ4n) is 2.35. The molecule has 0 radical (unpaired) electrons. The van der Waals surface area contributed by atoms with E-state index in [1.807, 2.05) is 0 Å². The zero-order valence-corrected chi connectivity index (χ0v) is 14.1. The molecule has 0 saturated heterocycles. The molecule has 0 atom stereocenters. The van der Waals surface area contributed by atoms with E-state index < -0.39 is 22.8 Å². The van der Waals surface area contributed by atoms with Crippen LogP contribution in [-0.2, 0) is 11.3 Å². The summed E-state index contributed by atoms with van der Waals surface area (Å²) in [5, 5.41) is 2.95. The van der Waals surface area contributed by atoms with Crippen LogP contribution in [0.2, 0.25) is 5.02 Å². The number of amides is 1. The van der Waals surface area contributed by atoms with E-state index in [1.165, 1.54) is 36.7 Å². The van der Waals surface area contributed by atoms with Crippen molar-refractivity contribution in [3.63, 3.8) is 0 Å². The first-order chi connectivity index (χ1) is 12.4. The molecule has 1 N–H and O–H groups in total. The van der Waals surface area contributed by atoms with Crippen LogP contribution >= 0.6 is 11.6 Å². The topological polar surface area (TPSA) is 73.1 Å². The van der Waals surface area contributed by atoms with E-state index in [2.05, 4.69) is 5.32 Å². The number of carbonyl (C=O) groups excluding carboxylic acids is 1. The van der Waals surface area contributed by atoms with Gasteiger partial charge in [0.05, 0.1) is 5.69 Å². The van der Waals surface area contributed by atoms with Gasteiger partial charge in [-0.2, -0.15) is 0 Å². The molecular formula is C18H13ClFN3O3. The highest BCUT2D eigenvalue weighted by atomic mass is 35.5. The quantitative estimate of drug-likeness (QED) is 0.714. The molecule has 2 aromatic carbocycles. The van der Waals surface area contributed by atoms with E-state index in [9.17, 15) is 18.8 Å². The lowest BCUT2D eigenvalue weighted by atomic mass is 10.3. The molecule has 0 spiro atoms. The summed E-state index contributed by atoms with van der Waals surface area (Å²) in [7, 11) is 0. The molecule has 26 heavy (non-hydrogen) atoms. The van der Waals surface area contributed by atoms with Gasteiger partial charge in [0.25, 0.3) is 0 Å². The molecule has 1 heterocycles. The first-order valence-electron chi connectivity index (χ1n) is 7.57. The van der Waals surface area contributed by atoms with E-state index in [4.69, 9.17) is 11.6 Å². The highest BCUT2D eigenvalue weighted by molar-refractivity contribution is 6.30. The lowest BCUT2D eigenvalue weighted by Crippen LogP contribution is -2.41. The summed E-state index contributed by atoms with van der Waals surface area (Å²) in [4.78, 5) is 36.6. The molecule has 3 rings (SSSR count). The molecule has 8 heteroatoms. The van der Waals surface area contributed by atoms with E-state index in [0.717, 1.165) is 9.13 Å². The fourth-order valence-corrected chi connectivity index (χ4v) is 2.54. The van der Waals surface area contributed by atoms with E-state index in [0.29, 0.717) is 16.4 Å². The second kappa shape index (κ2) is 7.37. The maximum atomic E-state index is 12.9. The summed E-state index contributed by atoms with van der Waals surface area (Å²) >= 11 is 5.90. The molecule has 0 aliphatic heterocycles. The summed E-state index contributed by atoms with van der Waals surface area (Å²) < 4.78 is 15.0. The van der Waals surface area contributed by atoms with Crippen molar-refractivity contribution in [1.29, 1.82) is 0 Å². The normalized spacial score (nSPS) is 10.5. The number of benzene rings is 2. The monoisotopic (exact) mass is 373 g/mol. The summed E-state index contributed by atoms with van der Waals surface area (Å²) in [6.07, 6.45) is 2.73. The number of rotatable bonds is 4. The van der Waals surface area contributed by atoms with Crippen LogP contribution in [0.25, 0.3) is 5.69 Å². The SMILES string of the molecule is O=C(Cn1ccn(-c2cccc(Cl)c2)c(=O)c1=O)Nc1ccc(F)cc1. The van der Waals surface area contributed by atoms with Crippen molar-refractivity contribution in [3.8, 4) is 5.69 Å². The second-order valence-electron chi connectivity index (χ2n) is 5.44. The second-order valence-corrected chi connectivity index (χ2v) is 5.88. The molecule has 1 amide bonds. The third-order valence-corrected chi connectivity index (χ3v) is 3.82. The molecule has 132 valence electrons. The average Bonchev–Trinajstić information content (AvgIpc) is 2.61. The van der Waals surface area contributed by atoms with Gasteiger partial charge in [-0.3, -0.25) is 23.5 Å². The van der Waals surface area contributed by atoms with Crippen LogP contribution in [0, 0.1) is 5.82 Å². The minimum absolute atomic E-state index is 0.345. The van der Waals surface area contributed by atoms with Gasteiger partial charge in [0, 0.05) is 23.1 Å². The number of carbonyl (C=O) groups is 1. The molecule has 0 aliphatic rings. The van der Waals surface area contributed by atoms with Gasteiger partial charge in [-0.15, -0.1) is 0 Å². The van der Waals surface area contributed by atoms with Gasteiger partial charge in [-0.1, -0.05) is 17.7 Å². The number of hydrogen-bond acceptors (Lipinski definition) is 3. The largest absolute Gasteiger partial charge is 0.325 e. The van der Waals surface area contributed by atoms with Crippen LogP contribution in [0.4, 0.5) is 10.1 Å². The van der Waals surface area contributed by atoms with Gasteiger partial charge in [0.2, 0.25) is 5.91 Å². The van der Waals surface area contributed by atoms with Crippen LogP contribution < -0.4 is 16.4 Å². The Morgan fingerprint density at radius 2 is 1.77 bits per heavy atom. The molecule has 1 aromatic heterocycles. The molecule has 0 unspecified atom stereocenters. The van der Waals surface area contributed by atoms with Gasteiger partial charge in [-0.05, 0) is 42.5 Å². The smallest absolute Gasteiger partial charge is 0.320 e. The van der Waals surface area contributed by atoms with Crippen LogP contribution in [0.5, 0.6) is 0 Å². The van der Waals surface area contributed by atoms with Gasteiger partial charge in [-0.25, -0.2) is 4.39 Å². The molecule has 0 aliphatic carbocycles. The lowest BCUT2D eigenvalue weighted by Gasteiger charge is -2.10. The van der Waals surface area contributed by atoms with Gasteiger partial charge < -0.3 is 5.32 Å². The Bertz CT molecular complexity index is 1070. The Hall–Kier alpha value is -3.19. The zero-order valence-electron chi connectivity index (χ0n) is 13.4. The molecule has 0 saturated carbocycles. The van der Waals surface area contributed by atoms with E-state index in [1.54, 1.807) is 24.3 Å². The first kappa shape index (κ1) is 17.6. The standard InChI is InChI=1S/C18H13ClFN3O3/c19-12-2-1-3-15(10-12)23-9-8-22(17(25)18(23)26)11-16(24)21-14-6-4-13(20)5-7-14/h1-10H,11H2,(H,21,24). The summed E-state index contributed by atoms with van der Waals surface area (Å²) in [6.45, 7) is -0.345. The summed E-state index contributed by atoms with van der Waals surface area (Å²) in [5.74, 6) is -0.942. The summed E-state index contributed by atoms with van der Waals surface area (Å²) in [6, 6.07) is 11.7. The van der Waals surface area contributed by atoms with Crippen LogP contribution in [0.1, 0.15) is 0 Å². The highest BCUT2D eigenvalue weighted by Crippen LogP contribution is 2.12. The van der Waals surface area contributed by atoms with Gasteiger partial charge >= 0.3 is 11.1 Å². The molecular weight excluding hydrogens is 361 g/mol. The minimum atomic E-state index is -0.846. The maximum Gasteiger partial charge on any atom is 0.320 e. The van der Waals surface area contributed by atoms with Crippen LogP contribution in [0.3, 0.4) is 0 Å². The Morgan fingerprint density at radius 1 is 1.04 bits per heavy atom. The lowest BCUT2D eigenvalue weighted by molar-refractivity contribution is -0.116. The number of halogens is 2. The van der Waals surface area contributed by atoms with Crippen molar-refractivity contribution >= 4 is 23.2 Å². The Kier molecular flexibility index (Phi) is 4.99. The van der Waals surface area contributed by atoms with E-state index >= 15 is 0 Å². The number of nitrogens with zero attached hydrogens (tertiary/aromatic N) is 2. The highest BCUT2D eigenvalue weighted by Gasteiger charge is 2.10. The molecule has 6 nitrogen and oxygen atoms in total. The number of anilines is 1. The first-order valence-corrected chi connectivity index (χ1v) is 7.95. The molecule has 3 aromatic rings. The maximum absolute atomic E-state index is 12.9. The minimum Gasteiger partial charge on any atom is -0.325 e. The molecule has 0 bridgehead atoms. The van der Waals surface area contributed by atoms with Crippen molar-refractivity contribution in [2.75, 3.05) is 5.32 Å². The zero-order chi connectivity index (χ0) is 18.7. The fraction of sp³-hybridized carbons (Fsp3) is 0.0556. The van der Waals surface area contributed by atoms with Gasteiger partial charge in [0.15, 0.2) is 0 Å². The summed E-state index contributed by atoms with van der Waals surface area (Å²) in [5.41, 5.74) is -0.815. The Balaban J connectivity index is 1.82. The van der Waals surface area contributed by atoms with Crippen LogP contribution in [-0.4, -0.2) is 15.0 Å². The predicted octanol–water partition coefficient (Wildman–Crippen LogP) is 2.43. The van der Waals surface area contributed by atoms with E-state index in [-0.39, 0.29) is 6.54 Å². The van der Waals surface area contributed by atoms with Crippen molar-refractivity contribution in [2.24, 2.45) is 0 Å². The number of nitrogens with one attached hydrogen (secondary N) is 1.